The zero-order valence-electron chi connectivity index (χ0n) is 11.7. The number of nitrogens with one attached hydrogen (secondary N) is 1. The molecule has 1 aromatic carbocycles. The summed E-state index contributed by atoms with van der Waals surface area (Å²) in [5.74, 6) is -1.96. The molecule has 0 aliphatic carbocycles. The molecule has 1 saturated heterocycles. The molecule has 21 heavy (non-hydrogen) atoms. The van der Waals surface area contributed by atoms with E-state index in [0.29, 0.717) is 5.56 Å². The third-order valence-electron chi connectivity index (χ3n) is 3.76. The normalized spacial score (nSPS) is 23.3. The van der Waals surface area contributed by atoms with E-state index in [1.54, 1.807) is 6.07 Å². The molecule has 1 aliphatic rings. The average Bonchev–Trinajstić information content (AvgIpc) is 2.36. The summed E-state index contributed by atoms with van der Waals surface area (Å²) in [6.45, 7) is 3.64. The second-order valence-corrected chi connectivity index (χ2v) is 5.62. The van der Waals surface area contributed by atoms with Crippen LogP contribution in [0, 0.1) is 11.8 Å². The van der Waals surface area contributed by atoms with E-state index in [2.05, 4.69) is 5.32 Å². The van der Waals surface area contributed by atoms with E-state index in [0.717, 1.165) is 12.1 Å². The van der Waals surface area contributed by atoms with Crippen molar-refractivity contribution in [3.05, 3.63) is 35.4 Å². The lowest BCUT2D eigenvalue weighted by Crippen LogP contribution is -2.46. The fraction of sp³-hybridized carbons (Fsp3) is 0.467. The van der Waals surface area contributed by atoms with Gasteiger partial charge in [-0.2, -0.15) is 13.2 Å². The van der Waals surface area contributed by atoms with Gasteiger partial charge in [-0.05, 0) is 17.5 Å². The Kier molecular flexibility index (Phi) is 4.07. The SMILES string of the molecule is CC(C)C1C(=O)NC(=O)CC1c1cccc(C(F)(F)F)c1. The van der Waals surface area contributed by atoms with Crippen molar-refractivity contribution in [2.24, 2.45) is 11.8 Å². The van der Waals surface area contributed by atoms with Gasteiger partial charge in [0.25, 0.3) is 0 Å². The van der Waals surface area contributed by atoms with E-state index in [1.165, 1.54) is 6.07 Å². The highest BCUT2D eigenvalue weighted by atomic mass is 19.4. The third kappa shape index (κ3) is 3.25. The number of hydrogen-bond acceptors (Lipinski definition) is 2. The van der Waals surface area contributed by atoms with Gasteiger partial charge in [0.1, 0.15) is 0 Å². The number of hydrogen-bond donors (Lipinski definition) is 1. The molecule has 2 amide bonds. The fourth-order valence-corrected chi connectivity index (χ4v) is 2.82. The molecule has 2 unspecified atom stereocenters. The predicted molar refractivity (Wildman–Crippen MR) is 70.3 cm³/mol. The van der Waals surface area contributed by atoms with Crippen LogP contribution in [0.5, 0.6) is 0 Å². The first-order valence-electron chi connectivity index (χ1n) is 6.71. The van der Waals surface area contributed by atoms with Gasteiger partial charge in [-0.1, -0.05) is 32.0 Å². The number of carbonyl (C=O) groups excluding carboxylic acids is 2. The molecule has 1 heterocycles. The molecular formula is C15H16F3NO2. The number of benzene rings is 1. The van der Waals surface area contributed by atoms with Crippen LogP contribution in [0.3, 0.4) is 0 Å². The van der Waals surface area contributed by atoms with Crippen LogP contribution in [0.25, 0.3) is 0 Å². The van der Waals surface area contributed by atoms with Crippen LogP contribution in [-0.2, 0) is 15.8 Å². The van der Waals surface area contributed by atoms with Gasteiger partial charge in [-0.15, -0.1) is 0 Å². The quantitative estimate of drug-likeness (QED) is 0.853. The predicted octanol–water partition coefficient (Wildman–Crippen LogP) is 3.11. The molecule has 0 saturated carbocycles. The maximum Gasteiger partial charge on any atom is 0.416 e. The summed E-state index contributed by atoms with van der Waals surface area (Å²) in [4.78, 5) is 23.5. The molecule has 2 rings (SSSR count). The van der Waals surface area contributed by atoms with E-state index < -0.39 is 35.4 Å². The first-order chi connectivity index (χ1) is 9.70. The Bertz CT molecular complexity index is 566. The molecule has 2 atom stereocenters. The first kappa shape index (κ1) is 15.5. The van der Waals surface area contributed by atoms with Crippen LogP contribution in [0.15, 0.2) is 24.3 Å². The van der Waals surface area contributed by atoms with Crippen molar-refractivity contribution in [2.75, 3.05) is 0 Å². The molecule has 0 bridgehead atoms. The largest absolute Gasteiger partial charge is 0.416 e. The van der Waals surface area contributed by atoms with Crippen molar-refractivity contribution in [2.45, 2.75) is 32.4 Å². The van der Waals surface area contributed by atoms with E-state index in [4.69, 9.17) is 0 Å². The molecule has 6 heteroatoms. The Morgan fingerprint density at radius 1 is 1.24 bits per heavy atom. The number of carbonyl (C=O) groups is 2. The Morgan fingerprint density at radius 2 is 1.90 bits per heavy atom. The highest BCUT2D eigenvalue weighted by molar-refractivity contribution is 6.00. The van der Waals surface area contributed by atoms with Gasteiger partial charge in [0.2, 0.25) is 11.8 Å². The first-order valence-corrected chi connectivity index (χ1v) is 6.71. The molecule has 0 aromatic heterocycles. The lowest BCUT2D eigenvalue weighted by atomic mass is 9.74. The Balaban J connectivity index is 2.42. The molecular weight excluding hydrogens is 283 g/mol. The second kappa shape index (κ2) is 5.50. The lowest BCUT2D eigenvalue weighted by molar-refractivity contribution is -0.138. The topological polar surface area (TPSA) is 46.2 Å². The van der Waals surface area contributed by atoms with Gasteiger partial charge < -0.3 is 0 Å². The number of halogens is 3. The second-order valence-electron chi connectivity index (χ2n) is 5.62. The zero-order chi connectivity index (χ0) is 15.8. The van der Waals surface area contributed by atoms with Gasteiger partial charge in [0.05, 0.1) is 5.56 Å². The number of piperidine rings is 1. The summed E-state index contributed by atoms with van der Waals surface area (Å²) in [5, 5.41) is 2.26. The van der Waals surface area contributed by atoms with Crippen molar-refractivity contribution in [3.63, 3.8) is 0 Å². The Hall–Kier alpha value is -1.85. The van der Waals surface area contributed by atoms with E-state index in [1.807, 2.05) is 13.8 Å². The van der Waals surface area contributed by atoms with Crippen molar-refractivity contribution >= 4 is 11.8 Å². The van der Waals surface area contributed by atoms with Crippen molar-refractivity contribution < 1.29 is 22.8 Å². The van der Waals surface area contributed by atoms with Crippen LogP contribution in [0.4, 0.5) is 13.2 Å². The van der Waals surface area contributed by atoms with E-state index >= 15 is 0 Å². The monoisotopic (exact) mass is 299 g/mol. The van der Waals surface area contributed by atoms with Crippen LogP contribution in [0.1, 0.15) is 37.3 Å². The number of imide groups is 1. The highest BCUT2D eigenvalue weighted by Crippen LogP contribution is 2.38. The van der Waals surface area contributed by atoms with Gasteiger partial charge >= 0.3 is 6.18 Å². The smallest absolute Gasteiger partial charge is 0.296 e. The van der Waals surface area contributed by atoms with Crippen molar-refractivity contribution in [1.29, 1.82) is 0 Å². The van der Waals surface area contributed by atoms with Gasteiger partial charge in [-0.3, -0.25) is 14.9 Å². The van der Waals surface area contributed by atoms with Crippen LogP contribution in [-0.4, -0.2) is 11.8 Å². The van der Waals surface area contributed by atoms with Crippen molar-refractivity contribution in [1.82, 2.24) is 5.32 Å². The summed E-state index contributed by atoms with van der Waals surface area (Å²) in [6, 6.07) is 4.87. The minimum absolute atomic E-state index is 0.0237. The Morgan fingerprint density at radius 3 is 2.48 bits per heavy atom. The van der Waals surface area contributed by atoms with E-state index in [9.17, 15) is 22.8 Å². The molecule has 1 aliphatic heterocycles. The summed E-state index contributed by atoms with van der Waals surface area (Å²) in [6.07, 6.45) is -4.42. The van der Waals surface area contributed by atoms with Crippen LogP contribution < -0.4 is 5.32 Å². The van der Waals surface area contributed by atoms with Crippen molar-refractivity contribution in [3.8, 4) is 0 Å². The minimum atomic E-state index is -4.44. The summed E-state index contributed by atoms with van der Waals surface area (Å²) < 4.78 is 38.4. The number of alkyl halides is 3. The summed E-state index contributed by atoms with van der Waals surface area (Å²) in [7, 11) is 0. The maximum absolute atomic E-state index is 12.8. The highest BCUT2D eigenvalue weighted by Gasteiger charge is 2.39. The third-order valence-corrected chi connectivity index (χ3v) is 3.76. The fourth-order valence-electron chi connectivity index (χ4n) is 2.82. The number of rotatable bonds is 2. The average molecular weight is 299 g/mol. The molecule has 3 nitrogen and oxygen atoms in total. The molecule has 114 valence electrons. The zero-order valence-corrected chi connectivity index (χ0v) is 11.7. The molecule has 1 aromatic rings. The summed E-state index contributed by atoms with van der Waals surface area (Å²) in [5.41, 5.74) is -0.382. The molecule has 1 N–H and O–H groups in total. The van der Waals surface area contributed by atoms with Gasteiger partial charge in [-0.25, -0.2) is 0 Å². The molecule has 0 radical (unpaired) electrons. The lowest BCUT2D eigenvalue weighted by Gasteiger charge is -2.33. The molecule has 0 spiro atoms. The van der Waals surface area contributed by atoms with Crippen LogP contribution in [0.2, 0.25) is 0 Å². The maximum atomic E-state index is 12.8. The Labute approximate surface area is 120 Å². The summed E-state index contributed by atoms with van der Waals surface area (Å²) >= 11 is 0. The number of amides is 2. The molecule has 1 fully saturated rings. The van der Waals surface area contributed by atoms with Gasteiger partial charge in [0, 0.05) is 18.3 Å². The minimum Gasteiger partial charge on any atom is -0.296 e. The standard InChI is InChI=1S/C15H16F3NO2/c1-8(2)13-11(7-12(20)19-14(13)21)9-4-3-5-10(6-9)15(16,17)18/h3-6,8,11,13H,7H2,1-2H3,(H,19,20,21). The van der Waals surface area contributed by atoms with Crippen LogP contribution >= 0.6 is 0 Å². The van der Waals surface area contributed by atoms with E-state index in [-0.39, 0.29) is 12.3 Å². The van der Waals surface area contributed by atoms with Gasteiger partial charge in [0.15, 0.2) is 0 Å².